The number of thioether (sulfide) groups is 1. The first-order valence-electron chi connectivity index (χ1n) is 4.69. The van der Waals surface area contributed by atoms with Gasteiger partial charge in [0.2, 0.25) is 0 Å². The van der Waals surface area contributed by atoms with Crippen molar-refractivity contribution in [1.29, 1.82) is 0 Å². The monoisotopic (exact) mass is 240 g/mol. The van der Waals surface area contributed by atoms with E-state index < -0.39 is 11.9 Å². The molecule has 2 N–H and O–H groups in total. The number of carbonyl (C=O) groups excluding carboxylic acids is 1. The second-order valence-electron chi connectivity index (χ2n) is 3.15. The van der Waals surface area contributed by atoms with Crippen molar-refractivity contribution in [2.24, 2.45) is 0 Å². The van der Waals surface area contributed by atoms with E-state index >= 15 is 0 Å². The van der Waals surface area contributed by atoms with Crippen molar-refractivity contribution in [2.75, 3.05) is 12.4 Å². The second-order valence-corrected chi connectivity index (χ2v) is 4.13. The van der Waals surface area contributed by atoms with Gasteiger partial charge in [-0.15, -0.1) is 0 Å². The molecule has 0 amide bonds. The first kappa shape index (κ1) is 12.7. The number of benzene rings is 1. The molecule has 0 saturated carbocycles. The summed E-state index contributed by atoms with van der Waals surface area (Å²) in [6.07, 6.45) is 0. The third-order valence-electron chi connectivity index (χ3n) is 2.01. The summed E-state index contributed by atoms with van der Waals surface area (Å²) in [4.78, 5) is 21.9. The van der Waals surface area contributed by atoms with Crippen LogP contribution in [-0.2, 0) is 9.59 Å². The van der Waals surface area contributed by atoms with E-state index in [1.54, 1.807) is 24.3 Å². The highest BCUT2D eigenvalue weighted by molar-refractivity contribution is 8.14. The molecule has 0 spiro atoms. The summed E-state index contributed by atoms with van der Waals surface area (Å²) >= 11 is 0.714. The molecule has 16 heavy (non-hydrogen) atoms. The van der Waals surface area contributed by atoms with Crippen molar-refractivity contribution < 1.29 is 19.8 Å². The molecular weight excluding hydrogens is 228 g/mol. The standard InChI is InChI=1S/C11H12O4S/c12-6-9(8-4-2-1-3-5-8)11(15)16-7-10(13)14/h1-5,9,12H,6-7H2,(H,13,14). The Hall–Kier alpha value is -1.33. The summed E-state index contributed by atoms with van der Waals surface area (Å²) in [5.74, 6) is -1.96. The minimum atomic E-state index is -1.04. The van der Waals surface area contributed by atoms with Gasteiger partial charge in [0.25, 0.3) is 0 Å². The highest BCUT2D eigenvalue weighted by Gasteiger charge is 2.20. The van der Waals surface area contributed by atoms with E-state index in [1.807, 2.05) is 6.07 Å². The van der Waals surface area contributed by atoms with Crippen LogP contribution in [0.15, 0.2) is 30.3 Å². The van der Waals surface area contributed by atoms with Crippen LogP contribution < -0.4 is 0 Å². The topological polar surface area (TPSA) is 74.6 Å². The lowest BCUT2D eigenvalue weighted by molar-refractivity contribution is -0.134. The van der Waals surface area contributed by atoms with Gasteiger partial charge in [-0.3, -0.25) is 9.59 Å². The van der Waals surface area contributed by atoms with E-state index in [0.29, 0.717) is 17.3 Å². The van der Waals surface area contributed by atoms with Gasteiger partial charge in [-0.25, -0.2) is 0 Å². The van der Waals surface area contributed by atoms with Gasteiger partial charge in [0, 0.05) is 0 Å². The van der Waals surface area contributed by atoms with Gasteiger partial charge < -0.3 is 10.2 Å². The van der Waals surface area contributed by atoms with Crippen molar-refractivity contribution in [1.82, 2.24) is 0 Å². The molecular formula is C11H12O4S. The molecule has 1 aromatic rings. The van der Waals surface area contributed by atoms with Gasteiger partial charge in [-0.2, -0.15) is 0 Å². The fraction of sp³-hybridized carbons (Fsp3) is 0.273. The van der Waals surface area contributed by atoms with Gasteiger partial charge in [0.1, 0.15) is 0 Å². The quantitative estimate of drug-likeness (QED) is 0.806. The molecule has 0 fully saturated rings. The Kier molecular flexibility index (Phi) is 5.01. The van der Waals surface area contributed by atoms with Crippen molar-refractivity contribution in [3.05, 3.63) is 35.9 Å². The van der Waals surface area contributed by atoms with Crippen LogP contribution in [0.3, 0.4) is 0 Å². The normalized spacial score (nSPS) is 12.1. The molecule has 0 aliphatic carbocycles. The predicted octanol–water partition coefficient (Wildman–Crippen LogP) is 1.11. The lowest BCUT2D eigenvalue weighted by Crippen LogP contribution is -2.15. The third-order valence-corrected chi connectivity index (χ3v) is 2.97. The number of hydrogen-bond donors (Lipinski definition) is 2. The average molecular weight is 240 g/mol. The van der Waals surface area contributed by atoms with Crippen LogP contribution >= 0.6 is 11.8 Å². The summed E-state index contributed by atoms with van der Waals surface area (Å²) in [6.45, 7) is -0.310. The van der Waals surface area contributed by atoms with Crippen molar-refractivity contribution in [3.8, 4) is 0 Å². The van der Waals surface area contributed by atoms with E-state index in [2.05, 4.69) is 0 Å². The van der Waals surface area contributed by atoms with Crippen LogP contribution in [0.5, 0.6) is 0 Å². The van der Waals surface area contributed by atoms with E-state index in [4.69, 9.17) is 10.2 Å². The first-order valence-corrected chi connectivity index (χ1v) is 5.68. The minimum absolute atomic E-state index is 0.276. The molecule has 0 bridgehead atoms. The fourth-order valence-corrected chi connectivity index (χ4v) is 1.91. The number of aliphatic carboxylic acids is 1. The molecule has 0 aliphatic heterocycles. The fourth-order valence-electron chi connectivity index (χ4n) is 1.23. The molecule has 1 aromatic carbocycles. The first-order chi connectivity index (χ1) is 7.65. The number of rotatable bonds is 5. The predicted molar refractivity (Wildman–Crippen MR) is 61.4 cm³/mol. The molecule has 1 unspecified atom stereocenters. The van der Waals surface area contributed by atoms with Crippen LogP contribution in [0.25, 0.3) is 0 Å². The number of carbonyl (C=O) groups is 2. The average Bonchev–Trinajstić information content (AvgIpc) is 2.29. The Bertz CT molecular complexity index is 364. The van der Waals surface area contributed by atoms with Crippen LogP contribution in [0.4, 0.5) is 0 Å². The maximum Gasteiger partial charge on any atom is 0.313 e. The molecule has 0 radical (unpaired) electrons. The molecule has 1 atom stereocenters. The molecule has 0 heterocycles. The summed E-state index contributed by atoms with van der Waals surface area (Å²) in [5.41, 5.74) is 0.702. The van der Waals surface area contributed by atoms with E-state index in [9.17, 15) is 9.59 Å². The number of aliphatic hydroxyl groups is 1. The van der Waals surface area contributed by atoms with Gasteiger partial charge in [-0.05, 0) is 5.56 Å². The maximum atomic E-state index is 11.6. The Morgan fingerprint density at radius 1 is 1.25 bits per heavy atom. The number of carboxylic acid groups (broad SMARTS) is 1. The van der Waals surface area contributed by atoms with Crippen molar-refractivity contribution >= 4 is 22.8 Å². The second kappa shape index (κ2) is 6.30. The highest BCUT2D eigenvalue weighted by Crippen LogP contribution is 2.21. The number of hydrogen-bond acceptors (Lipinski definition) is 4. The van der Waals surface area contributed by atoms with Crippen LogP contribution in [0.2, 0.25) is 0 Å². The molecule has 4 nitrogen and oxygen atoms in total. The van der Waals surface area contributed by atoms with E-state index in [1.165, 1.54) is 0 Å². The highest BCUT2D eigenvalue weighted by atomic mass is 32.2. The zero-order valence-electron chi connectivity index (χ0n) is 8.50. The van der Waals surface area contributed by atoms with Gasteiger partial charge >= 0.3 is 5.97 Å². The largest absolute Gasteiger partial charge is 0.481 e. The zero-order chi connectivity index (χ0) is 12.0. The Morgan fingerprint density at radius 3 is 2.38 bits per heavy atom. The number of aliphatic hydroxyl groups excluding tert-OH is 1. The van der Waals surface area contributed by atoms with Crippen molar-refractivity contribution in [3.63, 3.8) is 0 Å². The van der Waals surface area contributed by atoms with Crippen molar-refractivity contribution in [2.45, 2.75) is 5.92 Å². The van der Waals surface area contributed by atoms with Gasteiger partial charge in [-0.1, -0.05) is 42.1 Å². The van der Waals surface area contributed by atoms with Crippen LogP contribution in [0, 0.1) is 0 Å². The van der Waals surface area contributed by atoms with E-state index in [-0.39, 0.29) is 17.5 Å². The van der Waals surface area contributed by atoms with Gasteiger partial charge in [0.15, 0.2) is 5.12 Å². The number of carboxylic acids is 1. The van der Waals surface area contributed by atoms with Crippen LogP contribution in [0.1, 0.15) is 11.5 Å². The Morgan fingerprint density at radius 2 is 1.88 bits per heavy atom. The summed E-state index contributed by atoms with van der Waals surface area (Å²) < 4.78 is 0. The van der Waals surface area contributed by atoms with Crippen LogP contribution in [-0.4, -0.2) is 33.7 Å². The third kappa shape index (κ3) is 3.67. The molecule has 5 heteroatoms. The SMILES string of the molecule is O=C(O)CSC(=O)C(CO)c1ccccc1. The summed E-state index contributed by atoms with van der Waals surface area (Å²) in [5, 5.41) is 17.3. The van der Waals surface area contributed by atoms with Gasteiger partial charge in [0.05, 0.1) is 18.3 Å². The smallest absolute Gasteiger partial charge is 0.313 e. The molecule has 0 saturated heterocycles. The molecule has 0 aromatic heterocycles. The Labute approximate surface area is 97.3 Å². The molecule has 0 aliphatic rings. The minimum Gasteiger partial charge on any atom is -0.481 e. The lowest BCUT2D eigenvalue weighted by atomic mass is 10.0. The molecule has 1 rings (SSSR count). The Balaban J connectivity index is 2.68. The maximum absolute atomic E-state index is 11.6. The summed E-state index contributed by atoms with van der Waals surface area (Å²) in [7, 11) is 0. The summed E-state index contributed by atoms with van der Waals surface area (Å²) in [6, 6.07) is 8.83. The zero-order valence-corrected chi connectivity index (χ0v) is 9.31. The lowest BCUT2D eigenvalue weighted by Gasteiger charge is -2.11. The van der Waals surface area contributed by atoms with E-state index in [0.717, 1.165) is 0 Å². The molecule has 86 valence electrons.